The fraction of sp³-hybridized carbons (Fsp3) is 0.750. The van der Waals surface area contributed by atoms with E-state index in [0.717, 1.165) is 30.1 Å². The first kappa shape index (κ1) is 16.2. The van der Waals surface area contributed by atoms with Crippen LogP contribution >= 0.6 is 0 Å². The second-order valence-corrected chi connectivity index (χ2v) is 9.04. The molecule has 0 spiro atoms. The van der Waals surface area contributed by atoms with Crippen LogP contribution in [0.15, 0.2) is 18.7 Å². The quantitative estimate of drug-likeness (QED) is 0.838. The molecule has 144 valence electrons. The molecule has 2 aliphatic carbocycles. The third-order valence-electron chi connectivity index (χ3n) is 7.28. The lowest BCUT2D eigenvalue weighted by Crippen LogP contribution is -2.36. The summed E-state index contributed by atoms with van der Waals surface area (Å²) in [6.45, 7) is 7.07. The Morgan fingerprint density at radius 3 is 2.56 bits per heavy atom. The molecule has 4 heterocycles. The first-order valence-electron chi connectivity index (χ1n) is 10.7. The number of nitrogens with one attached hydrogen (secondary N) is 1. The molecule has 2 saturated carbocycles. The molecule has 1 unspecified atom stereocenters. The third-order valence-corrected chi connectivity index (χ3v) is 7.28. The monoisotopic (exact) mass is 367 g/mol. The molecule has 3 atom stereocenters. The van der Waals surface area contributed by atoms with Gasteiger partial charge in [-0.3, -0.25) is 0 Å². The smallest absolute Gasteiger partial charge is 0.153 e. The molecule has 0 radical (unpaired) electrons. The van der Waals surface area contributed by atoms with Crippen LogP contribution in [0.1, 0.15) is 49.3 Å². The van der Waals surface area contributed by atoms with Crippen LogP contribution in [0.25, 0.3) is 0 Å². The molecule has 2 aliphatic heterocycles. The van der Waals surface area contributed by atoms with Crippen molar-refractivity contribution in [2.75, 3.05) is 32.7 Å². The SMILES string of the molecule is c1cn(Cc2nnc(C3CCN(CC4[C@H]5CNC[C@@H]45)CC3)n2C2CC2)cn1. The first-order chi connectivity index (χ1) is 13.4. The molecule has 2 aromatic heterocycles. The summed E-state index contributed by atoms with van der Waals surface area (Å²) >= 11 is 0. The van der Waals surface area contributed by atoms with Gasteiger partial charge in [0.25, 0.3) is 0 Å². The van der Waals surface area contributed by atoms with Gasteiger partial charge in [0.1, 0.15) is 5.82 Å². The van der Waals surface area contributed by atoms with Gasteiger partial charge in [-0.2, -0.15) is 0 Å². The van der Waals surface area contributed by atoms with Crippen molar-refractivity contribution in [2.24, 2.45) is 17.8 Å². The number of nitrogens with zero attached hydrogens (tertiary/aromatic N) is 6. The van der Waals surface area contributed by atoms with E-state index in [1.165, 1.54) is 64.2 Å². The maximum atomic E-state index is 4.68. The van der Waals surface area contributed by atoms with E-state index in [-0.39, 0.29) is 0 Å². The van der Waals surface area contributed by atoms with Gasteiger partial charge in [-0.15, -0.1) is 10.2 Å². The van der Waals surface area contributed by atoms with Crippen LogP contribution in [0.3, 0.4) is 0 Å². The van der Waals surface area contributed by atoms with Gasteiger partial charge in [-0.1, -0.05) is 0 Å². The minimum Gasteiger partial charge on any atom is -0.330 e. The maximum Gasteiger partial charge on any atom is 0.153 e. The summed E-state index contributed by atoms with van der Waals surface area (Å²) in [6, 6.07) is 0.630. The molecule has 2 aromatic rings. The lowest BCUT2D eigenvalue weighted by atomic mass is 9.95. The molecule has 7 nitrogen and oxygen atoms in total. The predicted octanol–water partition coefficient (Wildman–Crippen LogP) is 1.50. The average Bonchev–Trinajstić information content (AvgIpc) is 3.39. The molecule has 27 heavy (non-hydrogen) atoms. The Balaban J connectivity index is 1.12. The number of hydrogen-bond acceptors (Lipinski definition) is 5. The third kappa shape index (κ3) is 3.01. The van der Waals surface area contributed by atoms with Crippen molar-refractivity contribution >= 4 is 0 Å². The lowest BCUT2D eigenvalue weighted by molar-refractivity contribution is 0.193. The van der Waals surface area contributed by atoms with Gasteiger partial charge in [0.2, 0.25) is 0 Å². The average molecular weight is 368 g/mol. The van der Waals surface area contributed by atoms with Crippen LogP contribution in [-0.4, -0.2) is 61.9 Å². The first-order valence-corrected chi connectivity index (χ1v) is 10.7. The van der Waals surface area contributed by atoms with E-state index in [4.69, 9.17) is 0 Å². The summed E-state index contributed by atoms with van der Waals surface area (Å²) in [4.78, 5) is 6.87. The molecular weight excluding hydrogens is 338 g/mol. The highest BCUT2D eigenvalue weighted by Crippen LogP contribution is 2.49. The zero-order valence-electron chi connectivity index (χ0n) is 15.9. The van der Waals surface area contributed by atoms with Crippen LogP contribution in [-0.2, 0) is 6.54 Å². The molecular formula is C20H29N7. The Morgan fingerprint density at radius 1 is 1.04 bits per heavy atom. The van der Waals surface area contributed by atoms with E-state index in [0.29, 0.717) is 12.0 Å². The van der Waals surface area contributed by atoms with Crippen molar-refractivity contribution in [1.29, 1.82) is 0 Å². The fourth-order valence-corrected chi connectivity index (χ4v) is 5.49. The number of aromatic nitrogens is 5. The molecule has 1 N–H and O–H groups in total. The topological polar surface area (TPSA) is 63.8 Å². The van der Waals surface area contributed by atoms with Crippen LogP contribution in [0.5, 0.6) is 0 Å². The van der Waals surface area contributed by atoms with Gasteiger partial charge < -0.3 is 19.4 Å². The summed E-state index contributed by atoms with van der Waals surface area (Å²) in [7, 11) is 0. The van der Waals surface area contributed by atoms with E-state index < -0.39 is 0 Å². The van der Waals surface area contributed by atoms with Crippen molar-refractivity contribution < 1.29 is 0 Å². The normalized spacial score (nSPS) is 31.3. The van der Waals surface area contributed by atoms with Gasteiger partial charge in [0.15, 0.2) is 5.82 Å². The number of likely N-dealkylation sites (tertiary alicyclic amines) is 1. The highest BCUT2D eigenvalue weighted by molar-refractivity contribution is 5.10. The van der Waals surface area contributed by atoms with E-state index >= 15 is 0 Å². The van der Waals surface area contributed by atoms with Crippen molar-refractivity contribution in [3.05, 3.63) is 30.4 Å². The minimum atomic E-state index is 0.575. The largest absolute Gasteiger partial charge is 0.330 e. The van der Waals surface area contributed by atoms with Crippen LogP contribution in [0.4, 0.5) is 0 Å². The molecule has 6 rings (SSSR count). The van der Waals surface area contributed by atoms with Crippen molar-refractivity contribution in [3.8, 4) is 0 Å². The highest BCUT2D eigenvalue weighted by atomic mass is 15.3. The number of hydrogen-bond donors (Lipinski definition) is 1. The van der Waals surface area contributed by atoms with Crippen molar-refractivity contribution in [1.82, 2.24) is 34.5 Å². The maximum absolute atomic E-state index is 4.68. The number of piperidine rings is 2. The summed E-state index contributed by atoms with van der Waals surface area (Å²) in [5.41, 5.74) is 0. The zero-order chi connectivity index (χ0) is 17.8. The zero-order valence-corrected chi connectivity index (χ0v) is 15.9. The van der Waals surface area contributed by atoms with E-state index in [9.17, 15) is 0 Å². The second kappa shape index (κ2) is 6.41. The summed E-state index contributed by atoms with van der Waals surface area (Å²) in [6.07, 6.45) is 10.7. The molecule has 7 heteroatoms. The number of fused-ring (bicyclic) bond motifs is 1. The van der Waals surface area contributed by atoms with E-state index in [1.54, 1.807) is 0 Å². The van der Waals surface area contributed by atoms with Crippen molar-refractivity contribution in [2.45, 2.75) is 44.2 Å². The van der Waals surface area contributed by atoms with Crippen LogP contribution < -0.4 is 5.32 Å². The van der Waals surface area contributed by atoms with Crippen LogP contribution in [0.2, 0.25) is 0 Å². The molecule has 2 saturated heterocycles. The second-order valence-electron chi connectivity index (χ2n) is 9.04. The summed E-state index contributed by atoms with van der Waals surface area (Å²) < 4.78 is 4.56. The van der Waals surface area contributed by atoms with Gasteiger partial charge in [-0.25, -0.2) is 4.98 Å². The fourth-order valence-electron chi connectivity index (χ4n) is 5.49. The van der Waals surface area contributed by atoms with Crippen molar-refractivity contribution in [3.63, 3.8) is 0 Å². The Hall–Kier alpha value is -1.73. The molecule has 0 bridgehead atoms. The number of imidazole rings is 1. The Kier molecular flexibility index (Phi) is 3.86. The molecule has 4 fully saturated rings. The molecule has 4 aliphatic rings. The minimum absolute atomic E-state index is 0.575. The summed E-state index contributed by atoms with van der Waals surface area (Å²) in [5.74, 6) is 5.86. The van der Waals surface area contributed by atoms with E-state index in [1.807, 2.05) is 18.7 Å². The predicted molar refractivity (Wildman–Crippen MR) is 101 cm³/mol. The van der Waals surface area contributed by atoms with Crippen LogP contribution in [0, 0.1) is 17.8 Å². The lowest BCUT2D eigenvalue weighted by Gasteiger charge is -2.32. The standard InChI is InChI=1S/C20H29N7/c1-2-15(1)27-19(12-26-8-5-21-13-26)23-24-20(27)14-3-6-25(7-4-14)11-18-16-9-22-10-17(16)18/h5,8,13-18,22H,1-4,6-7,9-12H2/t16-,17+,18?. The number of rotatable bonds is 6. The van der Waals surface area contributed by atoms with Gasteiger partial charge in [0.05, 0.1) is 12.9 Å². The van der Waals surface area contributed by atoms with Gasteiger partial charge in [-0.05, 0) is 69.6 Å². The van der Waals surface area contributed by atoms with E-state index in [2.05, 4.69) is 34.5 Å². The Morgan fingerprint density at radius 2 is 1.85 bits per heavy atom. The summed E-state index contributed by atoms with van der Waals surface area (Å²) in [5, 5.41) is 12.8. The molecule has 0 amide bonds. The van der Waals surface area contributed by atoms with Gasteiger partial charge >= 0.3 is 0 Å². The highest BCUT2D eigenvalue weighted by Gasteiger charge is 2.53. The van der Waals surface area contributed by atoms with Gasteiger partial charge in [0, 0.05) is 30.9 Å². The molecule has 0 aromatic carbocycles. The Bertz CT molecular complexity index is 775. The Labute approximate surface area is 160 Å².